The number of hydrogen-bond acceptors (Lipinski definition) is 1. The Morgan fingerprint density at radius 2 is 0.889 bits per heavy atom. The van der Waals surface area contributed by atoms with Gasteiger partial charge in [-0.25, -0.2) is 0 Å². The third kappa shape index (κ3) is 4.10. The maximum absolute atomic E-state index is 2.51. The molecule has 0 unspecified atom stereocenters. The van der Waals surface area contributed by atoms with E-state index in [9.17, 15) is 0 Å². The number of benzene rings is 8. The van der Waals surface area contributed by atoms with Crippen molar-refractivity contribution >= 4 is 38.6 Å². The Labute approximate surface area is 318 Å². The molecular formula is C53H43N. The Kier molecular flexibility index (Phi) is 6.21. The lowest BCUT2D eigenvalue weighted by Crippen LogP contribution is -2.17. The maximum Gasteiger partial charge on any atom is 0.0468 e. The molecule has 1 heteroatoms. The molecule has 1 nitrogen and oxygen atoms in total. The first-order valence-electron chi connectivity index (χ1n) is 19.4. The van der Waals surface area contributed by atoms with Crippen molar-refractivity contribution in [3.05, 3.63) is 185 Å². The van der Waals surface area contributed by atoms with Crippen LogP contribution in [-0.4, -0.2) is 0 Å². The lowest BCUT2D eigenvalue weighted by molar-refractivity contribution is 0.652. The molecule has 8 aromatic rings. The van der Waals surface area contributed by atoms with Gasteiger partial charge in [-0.15, -0.1) is 0 Å². The van der Waals surface area contributed by atoms with Crippen molar-refractivity contribution in [2.45, 2.75) is 57.8 Å². The molecule has 0 saturated heterocycles. The molecule has 3 aliphatic rings. The van der Waals surface area contributed by atoms with Gasteiger partial charge in [0.15, 0.2) is 0 Å². The fraction of sp³-hybridized carbons (Fsp3) is 0.170. The van der Waals surface area contributed by atoms with Crippen LogP contribution in [-0.2, 0) is 16.2 Å². The molecule has 0 bridgehead atoms. The van der Waals surface area contributed by atoms with Crippen molar-refractivity contribution in [3.8, 4) is 33.4 Å². The molecule has 0 radical (unpaired) electrons. The number of fused-ring (bicyclic) bond motifs is 12. The summed E-state index contributed by atoms with van der Waals surface area (Å²) in [5.74, 6) is 0. The second-order valence-electron chi connectivity index (χ2n) is 17.4. The first-order valence-corrected chi connectivity index (χ1v) is 19.4. The molecule has 0 atom stereocenters. The molecule has 11 rings (SSSR count). The average molecular weight is 694 g/mol. The summed E-state index contributed by atoms with van der Waals surface area (Å²) in [6.07, 6.45) is 0. The van der Waals surface area contributed by atoms with Gasteiger partial charge in [0.2, 0.25) is 0 Å². The lowest BCUT2D eigenvalue weighted by atomic mass is 9.79. The van der Waals surface area contributed by atoms with E-state index in [1.165, 1.54) is 94.0 Å². The molecular weight excluding hydrogens is 651 g/mol. The summed E-state index contributed by atoms with van der Waals surface area (Å²) in [6.45, 7) is 14.4. The Morgan fingerprint density at radius 3 is 1.69 bits per heavy atom. The zero-order valence-corrected chi connectivity index (χ0v) is 31.9. The van der Waals surface area contributed by atoms with Crippen LogP contribution in [0.4, 0.5) is 17.1 Å². The Morgan fingerprint density at radius 1 is 0.315 bits per heavy atom. The van der Waals surface area contributed by atoms with E-state index in [2.05, 4.69) is 198 Å². The molecule has 0 aromatic heterocycles. The largest absolute Gasteiger partial charge is 0.310 e. The van der Waals surface area contributed by atoms with Crippen LogP contribution in [0, 0.1) is 0 Å². The summed E-state index contributed by atoms with van der Waals surface area (Å²) in [4.78, 5) is 2.44. The molecule has 0 heterocycles. The van der Waals surface area contributed by atoms with Gasteiger partial charge < -0.3 is 4.90 Å². The number of hydrogen-bond donors (Lipinski definition) is 0. The molecule has 0 fully saturated rings. The number of para-hydroxylation sites is 1. The first kappa shape index (κ1) is 31.6. The van der Waals surface area contributed by atoms with E-state index in [0.717, 1.165) is 11.4 Å². The van der Waals surface area contributed by atoms with Crippen molar-refractivity contribution in [1.82, 2.24) is 0 Å². The van der Waals surface area contributed by atoms with E-state index in [1.54, 1.807) is 0 Å². The SMILES string of the molecule is CC1(C)c2ccccc2-c2cc3c(cc21)-c1ccc(N(c2ccccc2)c2ccc4cc5c(cc4c2)C(C)(C)c2ccc4ccccc4c2-5)cc1C3(C)C. The summed E-state index contributed by atoms with van der Waals surface area (Å²) >= 11 is 0. The van der Waals surface area contributed by atoms with Crippen molar-refractivity contribution in [2.75, 3.05) is 4.90 Å². The van der Waals surface area contributed by atoms with Gasteiger partial charge in [-0.05, 0) is 149 Å². The molecule has 54 heavy (non-hydrogen) atoms. The van der Waals surface area contributed by atoms with Gasteiger partial charge >= 0.3 is 0 Å². The predicted octanol–water partition coefficient (Wildman–Crippen LogP) is 14.4. The van der Waals surface area contributed by atoms with Crippen LogP contribution >= 0.6 is 0 Å². The molecule has 0 saturated carbocycles. The molecule has 0 aliphatic heterocycles. The van der Waals surface area contributed by atoms with Crippen molar-refractivity contribution in [1.29, 1.82) is 0 Å². The fourth-order valence-electron chi connectivity index (χ4n) is 10.5. The third-order valence-corrected chi connectivity index (χ3v) is 13.4. The minimum atomic E-state index is -0.144. The fourth-order valence-corrected chi connectivity index (χ4v) is 10.5. The average Bonchev–Trinajstić information content (AvgIpc) is 3.66. The highest BCUT2D eigenvalue weighted by atomic mass is 15.1. The maximum atomic E-state index is 2.51. The van der Waals surface area contributed by atoms with Gasteiger partial charge in [0, 0.05) is 33.3 Å². The van der Waals surface area contributed by atoms with Crippen LogP contribution in [0.5, 0.6) is 0 Å². The standard InChI is InChI=1S/C53H43N/c1-51(2)44-19-13-12-18-39(44)41-30-49-42(31-48(41)51)40-24-23-37(29-47(40)53(49,5)6)54(35-15-8-7-9-16-35)36-22-20-33-27-43-46(28-34(33)26-36)52(3,4)45-25-21-32-14-10-11-17-38(32)50(43)45/h7-31H,1-6H3. The van der Waals surface area contributed by atoms with Crippen molar-refractivity contribution in [2.24, 2.45) is 0 Å². The smallest absolute Gasteiger partial charge is 0.0468 e. The summed E-state index contributed by atoms with van der Waals surface area (Å²) in [7, 11) is 0. The van der Waals surface area contributed by atoms with Crippen LogP contribution in [0.2, 0.25) is 0 Å². The van der Waals surface area contributed by atoms with E-state index >= 15 is 0 Å². The predicted molar refractivity (Wildman–Crippen MR) is 229 cm³/mol. The van der Waals surface area contributed by atoms with Crippen LogP contribution in [0.1, 0.15) is 74.9 Å². The van der Waals surface area contributed by atoms with Crippen LogP contribution < -0.4 is 4.90 Å². The van der Waals surface area contributed by atoms with E-state index < -0.39 is 0 Å². The number of nitrogens with zero attached hydrogens (tertiary/aromatic N) is 1. The Bertz CT molecular complexity index is 2900. The quantitative estimate of drug-likeness (QED) is 0.178. The summed E-state index contributed by atoms with van der Waals surface area (Å²) in [5.41, 5.74) is 20.0. The van der Waals surface area contributed by atoms with Crippen LogP contribution in [0.3, 0.4) is 0 Å². The van der Waals surface area contributed by atoms with Crippen LogP contribution in [0.25, 0.3) is 54.9 Å². The molecule has 0 amide bonds. The second-order valence-corrected chi connectivity index (χ2v) is 17.4. The molecule has 8 aromatic carbocycles. The highest BCUT2D eigenvalue weighted by Crippen LogP contribution is 2.57. The highest BCUT2D eigenvalue weighted by Gasteiger charge is 2.42. The van der Waals surface area contributed by atoms with E-state index in [0.29, 0.717) is 0 Å². The van der Waals surface area contributed by atoms with Gasteiger partial charge in [0.1, 0.15) is 0 Å². The van der Waals surface area contributed by atoms with Crippen LogP contribution in [0.15, 0.2) is 152 Å². The first-order chi connectivity index (χ1) is 26.0. The topological polar surface area (TPSA) is 3.24 Å². The zero-order valence-electron chi connectivity index (χ0n) is 31.9. The number of rotatable bonds is 3. The lowest BCUT2D eigenvalue weighted by Gasteiger charge is -2.28. The third-order valence-electron chi connectivity index (χ3n) is 13.4. The Balaban J connectivity index is 1.05. The normalized spacial score (nSPS) is 16.0. The zero-order chi connectivity index (χ0) is 36.7. The van der Waals surface area contributed by atoms with Gasteiger partial charge in [-0.3, -0.25) is 0 Å². The second kappa shape index (κ2) is 10.6. The highest BCUT2D eigenvalue weighted by molar-refractivity contribution is 6.05. The monoisotopic (exact) mass is 693 g/mol. The molecule has 0 spiro atoms. The summed E-state index contributed by atoms with van der Waals surface area (Å²) < 4.78 is 0. The molecule has 3 aliphatic carbocycles. The van der Waals surface area contributed by atoms with E-state index in [4.69, 9.17) is 0 Å². The van der Waals surface area contributed by atoms with E-state index in [1.807, 2.05) is 0 Å². The summed E-state index contributed by atoms with van der Waals surface area (Å²) in [5, 5.41) is 5.18. The van der Waals surface area contributed by atoms with Gasteiger partial charge in [0.25, 0.3) is 0 Å². The summed E-state index contributed by atoms with van der Waals surface area (Å²) in [6, 6.07) is 57.5. The van der Waals surface area contributed by atoms with Gasteiger partial charge in [-0.1, -0.05) is 133 Å². The molecule has 0 N–H and O–H groups in total. The van der Waals surface area contributed by atoms with Crippen molar-refractivity contribution < 1.29 is 0 Å². The van der Waals surface area contributed by atoms with Gasteiger partial charge in [-0.2, -0.15) is 0 Å². The van der Waals surface area contributed by atoms with E-state index in [-0.39, 0.29) is 16.2 Å². The van der Waals surface area contributed by atoms with Crippen molar-refractivity contribution in [3.63, 3.8) is 0 Å². The minimum Gasteiger partial charge on any atom is -0.310 e. The van der Waals surface area contributed by atoms with Gasteiger partial charge in [0.05, 0.1) is 0 Å². The molecule has 260 valence electrons. The Hall–Kier alpha value is -5.92. The number of anilines is 3. The minimum absolute atomic E-state index is 0.0279.